The van der Waals surface area contributed by atoms with Crippen molar-refractivity contribution in [1.29, 1.82) is 0 Å². The molecule has 0 N–H and O–H groups in total. The number of nitro groups is 4. The fourth-order valence-corrected chi connectivity index (χ4v) is 6.07. The number of rotatable bonds is 4. The van der Waals surface area contributed by atoms with Crippen LogP contribution >= 0.6 is 0 Å². The molecular weight excluding hydrogens is 735 g/mol. The molecule has 0 fully saturated rings. The van der Waals surface area contributed by atoms with Gasteiger partial charge in [0.2, 0.25) is 0 Å². The molecule has 0 aliphatic carbocycles. The second-order valence-corrected chi connectivity index (χ2v) is 11.4. The van der Waals surface area contributed by atoms with Crippen molar-refractivity contribution in [1.82, 2.24) is 39.9 Å². The minimum Gasteiger partial charge on any atom is -0.357 e. The Morgan fingerprint density at radius 2 is 0.679 bits per heavy atom. The van der Waals surface area contributed by atoms with Gasteiger partial charge in [0, 0.05) is 104 Å². The predicted octanol–water partition coefficient (Wildman–Crippen LogP) is 5.76. The third kappa shape index (κ3) is 5.15. The Bertz CT molecular complexity index is 2820. The molecule has 9 rings (SSSR count). The smallest absolute Gasteiger partial charge is 0.357 e. The van der Waals surface area contributed by atoms with Crippen LogP contribution in [0.15, 0.2) is 72.8 Å². The molecule has 0 atom stereocenters. The van der Waals surface area contributed by atoms with Crippen LogP contribution in [0.25, 0.3) is 89.7 Å². The van der Waals surface area contributed by atoms with Crippen molar-refractivity contribution in [2.75, 3.05) is 0 Å². The van der Waals surface area contributed by atoms with E-state index < -0.39 is 19.7 Å². The summed E-state index contributed by atoms with van der Waals surface area (Å²) in [5.41, 5.74) is -0.0187. The SMILES string of the molecule is O=[N+]([O-])c1ccc2c(c1)-c1nc-2nc2[n-]c(nc3nc(nc4[n-]c(n1)c1ccc([N+](=O)[O-])cc41)-c1ccc([N+](=O)[O-])cc1-3)c1ccc([N+](=O)[O-])cc21.[Mn+2]. The first-order valence-electron chi connectivity index (χ1n) is 14.9. The van der Waals surface area contributed by atoms with Crippen LogP contribution in [0.3, 0.4) is 0 Å². The summed E-state index contributed by atoms with van der Waals surface area (Å²) in [6.07, 6.45) is 0. The molecule has 20 nitrogen and oxygen atoms in total. The second-order valence-electron chi connectivity index (χ2n) is 11.4. The number of non-ortho nitro benzene ring substituents is 4. The number of aromatic nitrogens is 8. The van der Waals surface area contributed by atoms with Crippen molar-refractivity contribution in [3.05, 3.63) is 113 Å². The van der Waals surface area contributed by atoms with Gasteiger partial charge in [-0.25, -0.2) is 9.97 Å². The van der Waals surface area contributed by atoms with Gasteiger partial charge in [-0.15, -0.1) is 0 Å². The van der Waals surface area contributed by atoms with Crippen LogP contribution in [0.5, 0.6) is 0 Å². The summed E-state index contributed by atoms with van der Waals surface area (Å²) in [5, 5.41) is 48.1. The molecule has 53 heavy (non-hydrogen) atoms. The van der Waals surface area contributed by atoms with Gasteiger partial charge in [0.25, 0.3) is 22.7 Å². The molecule has 21 heteroatoms. The van der Waals surface area contributed by atoms with Crippen LogP contribution in [0.4, 0.5) is 22.7 Å². The van der Waals surface area contributed by atoms with Crippen LogP contribution in [-0.2, 0) is 17.1 Å². The van der Waals surface area contributed by atoms with Crippen molar-refractivity contribution in [3.8, 4) is 45.6 Å². The van der Waals surface area contributed by atoms with E-state index in [0.29, 0.717) is 21.9 Å². The van der Waals surface area contributed by atoms with Crippen molar-refractivity contribution in [3.63, 3.8) is 0 Å². The molecule has 255 valence electrons. The molecule has 2 aliphatic heterocycles. The molecule has 0 unspecified atom stereocenters. The van der Waals surface area contributed by atoms with Gasteiger partial charge in [-0.3, -0.25) is 40.5 Å². The molecule has 0 saturated heterocycles. The van der Waals surface area contributed by atoms with E-state index in [0.717, 1.165) is 0 Å². The summed E-state index contributed by atoms with van der Waals surface area (Å²) in [5.74, 6) is -0.0435. The monoisotopic (exact) mass is 747 g/mol. The van der Waals surface area contributed by atoms with Crippen LogP contribution in [0.1, 0.15) is 0 Å². The van der Waals surface area contributed by atoms with Crippen molar-refractivity contribution < 1.29 is 36.8 Å². The van der Waals surface area contributed by atoms with E-state index in [9.17, 15) is 40.5 Å². The molecule has 3 aromatic heterocycles. The van der Waals surface area contributed by atoms with Gasteiger partial charge in [-0.1, -0.05) is 0 Å². The number of hydrogen-bond donors (Lipinski definition) is 0. The van der Waals surface area contributed by atoms with Gasteiger partial charge in [-0.2, -0.15) is 0 Å². The number of nitrogens with zero attached hydrogens (tertiary/aromatic N) is 12. The molecule has 7 aromatic rings. The van der Waals surface area contributed by atoms with Gasteiger partial charge in [-0.05, 0) is 35.0 Å². The van der Waals surface area contributed by atoms with Gasteiger partial charge in [0.05, 0.1) is 43.0 Å². The molecule has 1 radical (unpaired) electrons. The molecule has 4 aromatic carbocycles. The third-order valence-corrected chi connectivity index (χ3v) is 8.48. The number of fused-ring (bicyclic) bond motifs is 20. The van der Waals surface area contributed by atoms with E-state index in [1.165, 1.54) is 72.8 Å². The number of hydrogen-bond acceptors (Lipinski definition) is 14. The van der Waals surface area contributed by atoms with E-state index in [1.807, 2.05) is 0 Å². The normalized spacial score (nSPS) is 11.5. The summed E-state index contributed by atoms with van der Waals surface area (Å²) in [6.45, 7) is 0. The Labute approximate surface area is 301 Å². The Morgan fingerprint density at radius 3 is 1.04 bits per heavy atom. The van der Waals surface area contributed by atoms with Crippen molar-refractivity contribution in [2.24, 2.45) is 0 Å². The van der Waals surface area contributed by atoms with Crippen molar-refractivity contribution >= 4 is 66.9 Å². The van der Waals surface area contributed by atoms with E-state index in [-0.39, 0.29) is 108 Å². The molecular formula is C32H12MnN12O8. The zero-order chi connectivity index (χ0) is 36.0. The Morgan fingerprint density at radius 1 is 0.377 bits per heavy atom. The van der Waals surface area contributed by atoms with Crippen LogP contribution in [0, 0.1) is 40.5 Å². The zero-order valence-electron chi connectivity index (χ0n) is 25.9. The van der Waals surface area contributed by atoms with Gasteiger partial charge < -0.3 is 29.9 Å². The van der Waals surface area contributed by atoms with Gasteiger partial charge in [0.1, 0.15) is 0 Å². The Kier molecular flexibility index (Phi) is 7.20. The predicted molar refractivity (Wildman–Crippen MR) is 181 cm³/mol. The molecule has 0 spiro atoms. The Balaban J connectivity index is 0.00000400. The first-order valence-corrected chi connectivity index (χ1v) is 14.9. The molecule has 0 amide bonds. The topological polar surface area (TPSA) is 278 Å². The fraction of sp³-hybridized carbons (Fsp3) is 0. The summed E-state index contributed by atoms with van der Waals surface area (Å²) in [7, 11) is 0. The van der Waals surface area contributed by atoms with Crippen molar-refractivity contribution in [2.45, 2.75) is 0 Å². The molecule has 5 heterocycles. The minimum absolute atomic E-state index is 0. The maximum Gasteiger partial charge on any atom is 2.00 e. The minimum atomic E-state index is -0.589. The van der Waals surface area contributed by atoms with Gasteiger partial charge in [0.15, 0.2) is 0 Å². The maximum atomic E-state index is 11.8. The summed E-state index contributed by atoms with van der Waals surface area (Å²) in [4.78, 5) is 81.5. The summed E-state index contributed by atoms with van der Waals surface area (Å²) in [6, 6.07) is 15.8. The molecule has 2 aliphatic rings. The van der Waals surface area contributed by atoms with E-state index in [1.54, 1.807) is 0 Å². The van der Waals surface area contributed by atoms with Crippen LogP contribution in [-0.4, -0.2) is 49.6 Å². The van der Waals surface area contributed by atoms with E-state index >= 15 is 0 Å². The van der Waals surface area contributed by atoms with Crippen LogP contribution in [0.2, 0.25) is 0 Å². The molecule has 8 bridgehead atoms. The number of nitro benzene ring substituents is 4. The summed E-state index contributed by atoms with van der Waals surface area (Å²) < 4.78 is 0. The average Bonchev–Trinajstić information content (AvgIpc) is 3.85. The third-order valence-electron chi connectivity index (χ3n) is 8.48. The standard InChI is InChI=1S/C32H12N12O8.Mn/c45-41(46)13-1-5-17-21(9-13)29-33-25(17)37-30-22-10-14(42(47)48)2-6-18(22)27(34-30)39-32-24-12-16(44(51)52)4-8-20(24)28(36-32)40-31-23-11-15(43(49)50)3-7-19(23)26(35-31)38-29;/h1-12H;/q-2;+2. The van der Waals surface area contributed by atoms with Gasteiger partial charge >= 0.3 is 17.1 Å². The van der Waals surface area contributed by atoms with E-state index in [2.05, 4.69) is 39.9 Å². The fourth-order valence-electron chi connectivity index (χ4n) is 6.07. The number of benzene rings is 4. The zero-order valence-corrected chi connectivity index (χ0v) is 27.1. The first-order chi connectivity index (χ1) is 25.0. The van der Waals surface area contributed by atoms with Crippen LogP contribution < -0.4 is 9.97 Å². The van der Waals surface area contributed by atoms with E-state index in [4.69, 9.17) is 0 Å². The molecule has 0 saturated carbocycles. The quantitative estimate of drug-likeness (QED) is 0.117. The summed E-state index contributed by atoms with van der Waals surface area (Å²) >= 11 is 0. The second kappa shape index (κ2) is 11.7. The Hall–Kier alpha value is -7.64. The largest absolute Gasteiger partial charge is 2.00 e. The average molecular weight is 747 g/mol. The first kappa shape index (κ1) is 32.6. The maximum absolute atomic E-state index is 11.8.